The third-order valence-corrected chi connectivity index (χ3v) is 3.27. The Kier molecular flexibility index (Phi) is 4.64. The molecule has 128 valence electrons. The minimum atomic E-state index is -2.91. The van der Waals surface area contributed by atoms with Crippen molar-refractivity contribution in [2.75, 3.05) is 5.32 Å². The number of hydrogen-bond acceptors (Lipinski definition) is 5. The second-order valence-corrected chi connectivity index (χ2v) is 5.00. The normalized spacial score (nSPS) is 10.8. The molecule has 1 aromatic carbocycles. The maximum absolute atomic E-state index is 12.3. The fourth-order valence-electron chi connectivity index (χ4n) is 2.19. The van der Waals surface area contributed by atoms with Crippen LogP contribution < -0.4 is 15.6 Å². The maximum atomic E-state index is 12.3. The maximum Gasteiger partial charge on any atom is 0.387 e. The Labute approximate surface area is 139 Å². The van der Waals surface area contributed by atoms with Crippen molar-refractivity contribution in [3.63, 3.8) is 0 Å². The quantitative estimate of drug-likeness (QED) is 0.764. The van der Waals surface area contributed by atoms with Crippen LogP contribution >= 0.6 is 0 Å². The summed E-state index contributed by atoms with van der Waals surface area (Å²) in [6.45, 7) is -3.16. The van der Waals surface area contributed by atoms with Gasteiger partial charge in [-0.05, 0) is 36.4 Å². The van der Waals surface area contributed by atoms with E-state index < -0.39 is 12.5 Å². The lowest BCUT2D eigenvalue weighted by Gasteiger charge is -2.09. The average molecular weight is 346 g/mol. The van der Waals surface area contributed by atoms with E-state index in [1.165, 1.54) is 36.8 Å². The van der Waals surface area contributed by atoms with Gasteiger partial charge in [0.2, 0.25) is 5.91 Å². The number of halogens is 2. The van der Waals surface area contributed by atoms with E-state index in [2.05, 4.69) is 20.0 Å². The van der Waals surface area contributed by atoms with Crippen molar-refractivity contribution in [1.82, 2.24) is 14.5 Å². The lowest BCUT2D eigenvalue weighted by molar-refractivity contribution is -0.116. The number of aromatic nitrogens is 3. The minimum Gasteiger partial charge on any atom is -0.435 e. The topological polar surface area (TPSA) is 86.1 Å². The number of carbonyl (C=O) groups is 1. The molecular weight excluding hydrogens is 334 g/mol. The number of pyridine rings is 1. The Balaban J connectivity index is 1.70. The summed E-state index contributed by atoms with van der Waals surface area (Å²) in [5.74, 6) is -0.481. The molecule has 0 bridgehead atoms. The average Bonchev–Trinajstić information content (AvgIpc) is 2.59. The van der Waals surface area contributed by atoms with Gasteiger partial charge in [0.15, 0.2) is 5.65 Å². The Bertz CT molecular complexity index is 958. The number of ether oxygens (including phenoxy) is 1. The molecule has 3 rings (SSSR count). The van der Waals surface area contributed by atoms with E-state index >= 15 is 0 Å². The van der Waals surface area contributed by atoms with Gasteiger partial charge >= 0.3 is 6.61 Å². The van der Waals surface area contributed by atoms with Crippen molar-refractivity contribution in [2.24, 2.45) is 0 Å². The number of alkyl halides is 2. The number of rotatable bonds is 5. The van der Waals surface area contributed by atoms with Crippen molar-refractivity contribution in [3.05, 3.63) is 59.3 Å². The lowest BCUT2D eigenvalue weighted by atomic mass is 10.3. The molecule has 3 aromatic rings. The molecule has 0 aliphatic carbocycles. The van der Waals surface area contributed by atoms with Crippen LogP contribution in [0.3, 0.4) is 0 Å². The van der Waals surface area contributed by atoms with Gasteiger partial charge in [-0.15, -0.1) is 0 Å². The van der Waals surface area contributed by atoms with Gasteiger partial charge < -0.3 is 10.1 Å². The van der Waals surface area contributed by atoms with Crippen molar-refractivity contribution >= 4 is 22.6 Å². The predicted molar refractivity (Wildman–Crippen MR) is 85.5 cm³/mol. The highest BCUT2D eigenvalue weighted by Crippen LogP contribution is 2.17. The summed E-state index contributed by atoms with van der Waals surface area (Å²) < 4.78 is 29.6. The summed E-state index contributed by atoms with van der Waals surface area (Å²) in [7, 11) is 0. The van der Waals surface area contributed by atoms with E-state index in [-0.39, 0.29) is 17.9 Å². The first-order valence-corrected chi connectivity index (χ1v) is 7.18. The number of hydrogen-bond donors (Lipinski definition) is 1. The molecule has 2 aromatic heterocycles. The molecular formula is C16H12F2N4O3. The number of amides is 1. The van der Waals surface area contributed by atoms with Gasteiger partial charge in [0.05, 0.1) is 5.39 Å². The fraction of sp³-hybridized carbons (Fsp3) is 0.125. The molecule has 1 N–H and O–H groups in total. The standard InChI is InChI=1S/C16H12F2N4O3/c17-16(18)25-11-5-3-10(4-6-11)21-13(23)8-22-9-20-14-12(15(22)24)2-1-7-19-14/h1-7,9,16H,8H2,(H,21,23). The number of carbonyl (C=O) groups excluding carboxylic acids is 1. The first kappa shape index (κ1) is 16.5. The Hall–Kier alpha value is -3.36. The third kappa shape index (κ3) is 3.94. The first-order chi connectivity index (χ1) is 12.0. The Morgan fingerprint density at radius 1 is 1.20 bits per heavy atom. The first-order valence-electron chi connectivity index (χ1n) is 7.18. The third-order valence-electron chi connectivity index (χ3n) is 3.27. The van der Waals surface area contributed by atoms with E-state index in [1.54, 1.807) is 12.1 Å². The number of nitrogens with zero attached hydrogens (tertiary/aromatic N) is 3. The van der Waals surface area contributed by atoms with Gasteiger partial charge in [0, 0.05) is 11.9 Å². The van der Waals surface area contributed by atoms with Crippen LogP contribution in [-0.2, 0) is 11.3 Å². The van der Waals surface area contributed by atoms with Crippen molar-refractivity contribution in [3.8, 4) is 5.75 Å². The zero-order chi connectivity index (χ0) is 17.8. The fourth-order valence-corrected chi connectivity index (χ4v) is 2.19. The van der Waals surface area contributed by atoms with E-state index in [4.69, 9.17) is 0 Å². The summed E-state index contributed by atoms with van der Waals surface area (Å²) in [6, 6.07) is 8.63. The summed E-state index contributed by atoms with van der Waals surface area (Å²) in [5.41, 5.74) is 0.308. The summed E-state index contributed by atoms with van der Waals surface area (Å²) in [4.78, 5) is 32.3. The van der Waals surface area contributed by atoms with Crippen molar-refractivity contribution in [2.45, 2.75) is 13.2 Å². The van der Waals surface area contributed by atoms with Gasteiger partial charge in [-0.2, -0.15) is 8.78 Å². The molecule has 0 fully saturated rings. The molecule has 25 heavy (non-hydrogen) atoms. The van der Waals surface area contributed by atoms with Gasteiger partial charge in [-0.25, -0.2) is 9.97 Å². The second kappa shape index (κ2) is 7.04. The highest BCUT2D eigenvalue weighted by Gasteiger charge is 2.09. The van der Waals surface area contributed by atoms with Gasteiger partial charge in [-0.1, -0.05) is 0 Å². The van der Waals surface area contributed by atoms with Crippen molar-refractivity contribution in [1.29, 1.82) is 0 Å². The zero-order valence-corrected chi connectivity index (χ0v) is 12.7. The van der Waals surface area contributed by atoms with Crippen molar-refractivity contribution < 1.29 is 18.3 Å². The highest BCUT2D eigenvalue weighted by atomic mass is 19.3. The largest absolute Gasteiger partial charge is 0.435 e. The molecule has 2 heterocycles. The van der Waals surface area contributed by atoms with Crippen LogP contribution in [0.15, 0.2) is 53.7 Å². The monoisotopic (exact) mass is 346 g/mol. The zero-order valence-electron chi connectivity index (χ0n) is 12.7. The summed E-state index contributed by atoms with van der Waals surface area (Å²) in [6.07, 6.45) is 2.77. The molecule has 0 aliphatic heterocycles. The number of nitrogens with one attached hydrogen (secondary N) is 1. The summed E-state index contributed by atoms with van der Waals surface area (Å²) in [5, 5.41) is 2.87. The molecule has 0 saturated heterocycles. The van der Waals surface area contributed by atoms with Gasteiger partial charge in [0.1, 0.15) is 18.6 Å². The molecule has 0 unspecified atom stereocenters. The van der Waals surface area contributed by atoms with E-state index in [9.17, 15) is 18.4 Å². The molecule has 1 amide bonds. The Morgan fingerprint density at radius 2 is 1.96 bits per heavy atom. The second-order valence-electron chi connectivity index (χ2n) is 5.00. The number of anilines is 1. The van der Waals surface area contributed by atoms with Crippen LogP contribution in [0.2, 0.25) is 0 Å². The molecule has 7 nitrogen and oxygen atoms in total. The molecule has 0 atom stereocenters. The van der Waals surface area contributed by atoms with Gasteiger partial charge in [0.25, 0.3) is 5.56 Å². The molecule has 9 heteroatoms. The summed E-state index contributed by atoms with van der Waals surface area (Å²) >= 11 is 0. The lowest BCUT2D eigenvalue weighted by Crippen LogP contribution is -2.28. The number of fused-ring (bicyclic) bond motifs is 1. The van der Waals surface area contributed by atoms with Crippen LogP contribution in [0.1, 0.15) is 0 Å². The van der Waals surface area contributed by atoms with Crippen LogP contribution in [0.5, 0.6) is 5.75 Å². The van der Waals surface area contributed by atoms with E-state index in [0.717, 1.165) is 4.57 Å². The molecule has 0 saturated carbocycles. The van der Waals surface area contributed by atoms with Crippen LogP contribution in [-0.4, -0.2) is 27.1 Å². The van der Waals surface area contributed by atoms with E-state index in [1.807, 2.05) is 0 Å². The molecule has 0 radical (unpaired) electrons. The minimum absolute atomic E-state index is 0.0181. The number of benzene rings is 1. The van der Waals surface area contributed by atoms with Gasteiger partial charge in [-0.3, -0.25) is 14.2 Å². The predicted octanol–water partition coefficient (Wildman–Crippen LogP) is 2.03. The molecule has 0 spiro atoms. The van der Waals surface area contributed by atoms with E-state index in [0.29, 0.717) is 16.7 Å². The van der Waals surface area contributed by atoms with Crippen LogP contribution in [0, 0.1) is 0 Å². The van der Waals surface area contributed by atoms with Crippen LogP contribution in [0.25, 0.3) is 11.0 Å². The SMILES string of the molecule is O=C(Cn1cnc2ncccc2c1=O)Nc1ccc(OC(F)F)cc1. The highest BCUT2D eigenvalue weighted by molar-refractivity contribution is 5.90. The smallest absolute Gasteiger partial charge is 0.387 e. The Morgan fingerprint density at radius 3 is 2.68 bits per heavy atom. The molecule has 0 aliphatic rings. The van der Waals surface area contributed by atoms with Crippen LogP contribution in [0.4, 0.5) is 14.5 Å².